The molecule has 0 N–H and O–H groups in total. The Bertz CT molecular complexity index is 49.7. The van der Waals surface area contributed by atoms with Crippen molar-refractivity contribution in [3.8, 4) is 0 Å². The standard InChI is InChI=1S/C5H13NO2/c1-4-6(3)8-7-5-2/h4-5H2,1-3H3. The topological polar surface area (TPSA) is 21.7 Å². The first-order valence-electron chi connectivity index (χ1n) is 2.82. The van der Waals surface area contributed by atoms with Crippen molar-refractivity contribution < 1.29 is 9.88 Å². The maximum Gasteiger partial charge on any atom is 0.0814 e. The van der Waals surface area contributed by atoms with Crippen molar-refractivity contribution in [1.29, 1.82) is 0 Å². The third-order valence-corrected chi connectivity index (χ3v) is 0.743. The monoisotopic (exact) mass is 119 g/mol. The summed E-state index contributed by atoms with van der Waals surface area (Å²) in [6, 6.07) is 0. The SMILES string of the molecule is CCOON(C)CC. The highest BCUT2D eigenvalue weighted by atomic mass is 17.3. The molecule has 0 fully saturated rings. The van der Waals surface area contributed by atoms with Gasteiger partial charge in [-0.1, -0.05) is 0 Å². The van der Waals surface area contributed by atoms with Crippen molar-refractivity contribution in [2.24, 2.45) is 0 Å². The quantitative estimate of drug-likeness (QED) is 0.404. The minimum absolute atomic E-state index is 0.588. The van der Waals surface area contributed by atoms with Crippen molar-refractivity contribution in [2.45, 2.75) is 13.8 Å². The van der Waals surface area contributed by atoms with Crippen LogP contribution in [0, 0.1) is 0 Å². The zero-order valence-electron chi connectivity index (χ0n) is 5.68. The lowest BCUT2D eigenvalue weighted by Crippen LogP contribution is -2.18. The van der Waals surface area contributed by atoms with E-state index in [-0.39, 0.29) is 0 Å². The van der Waals surface area contributed by atoms with Gasteiger partial charge in [0, 0.05) is 13.6 Å². The summed E-state index contributed by atoms with van der Waals surface area (Å²) in [7, 11) is 1.82. The predicted molar refractivity (Wildman–Crippen MR) is 31.0 cm³/mol. The molecule has 8 heavy (non-hydrogen) atoms. The lowest BCUT2D eigenvalue weighted by atomic mass is 10.8. The second kappa shape index (κ2) is 5.03. The van der Waals surface area contributed by atoms with Crippen LogP contribution in [0.15, 0.2) is 0 Å². The van der Waals surface area contributed by atoms with Crippen LogP contribution in [0.5, 0.6) is 0 Å². The fraction of sp³-hybridized carbons (Fsp3) is 1.00. The lowest BCUT2D eigenvalue weighted by molar-refractivity contribution is -0.416. The van der Waals surface area contributed by atoms with Crippen molar-refractivity contribution >= 4 is 0 Å². The van der Waals surface area contributed by atoms with Crippen LogP contribution in [-0.2, 0) is 9.88 Å². The maximum absolute atomic E-state index is 4.67. The Kier molecular flexibility index (Phi) is 4.95. The van der Waals surface area contributed by atoms with Crippen LogP contribution in [0.1, 0.15) is 13.8 Å². The van der Waals surface area contributed by atoms with E-state index in [2.05, 4.69) is 9.88 Å². The molecule has 0 aromatic rings. The molecule has 0 radical (unpaired) electrons. The summed E-state index contributed by atoms with van der Waals surface area (Å²) < 4.78 is 0. The van der Waals surface area contributed by atoms with E-state index in [9.17, 15) is 0 Å². The average Bonchev–Trinajstić information content (AvgIpc) is 1.83. The molecule has 0 rings (SSSR count). The summed E-state index contributed by atoms with van der Waals surface area (Å²) in [5.41, 5.74) is 0. The van der Waals surface area contributed by atoms with E-state index in [4.69, 9.17) is 0 Å². The van der Waals surface area contributed by atoms with Gasteiger partial charge in [-0.2, -0.15) is 5.06 Å². The normalized spacial score (nSPS) is 10.5. The van der Waals surface area contributed by atoms with Gasteiger partial charge in [0.2, 0.25) is 0 Å². The fourth-order valence-electron chi connectivity index (χ4n) is 0.195. The highest BCUT2D eigenvalue weighted by Crippen LogP contribution is 1.83. The van der Waals surface area contributed by atoms with Gasteiger partial charge in [0.25, 0.3) is 0 Å². The molecule has 0 saturated heterocycles. The number of rotatable bonds is 4. The van der Waals surface area contributed by atoms with E-state index in [1.54, 1.807) is 5.06 Å². The van der Waals surface area contributed by atoms with Crippen LogP contribution in [0.3, 0.4) is 0 Å². The zero-order valence-corrected chi connectivity index (χ0v) is 5.68. The number of nitrogens with zero attached hydrogens (tertiary/aromatic N) is 1. The largest absolute Gasteiger partial charge is 0.218 e. The summed E-state index contributed by atoms with van der Waals surface area (Å²) in [5.74, 6) is 0. The third kappa shape index (κ3) is 4.05. The van der Waals surface area contributed by atoms with Crippen LogP contribution in [-0.4, -0.2) is 25.3 Å². The molecule has 0 aromatic heterocycles. The molecule has 0 spiro atoms. The number of hydrogen-bond acceptors (Lipinski definition) is 3. The Morgan fingerprint density at radius 2 is 2.00 bits per heavy atom. The number of hydrogen-bond donors (Lipinski definition) is 0. The van der Waals surface area contributed by atoms with E-state index in [1.807, 2.05) is 20.9 Å². The lowest BCUT2D eigenvalue weighted by Gasteiger charge is -2.09. The summed E-state index contributed by atoms with van der Waals surface area (Å²) in [6.45, 7) is 5.28. The molecule has 0 amide bonds. The molecule has 0 aliphatic carbocycles. The van der Waals surface area contributed by atoms with E-state index in [1.165, 1.54) is 0 Å². The minimum atomic E-state index is 0.588. The molecule has 0 aliphatic rings. The molecule has 0 aliphatic heterocycles. The maximum atomic E-state index is 4.67. The Hall–Kier alpha value is -0.120. The first kappa shape index (κ1) is 7.88. The van der Waals surface area contributed by atoms with Gasteiger partial charge in [0.15, 0.2) is 0 Å². The van der Waals surface area contributed by atoms with Crippen LogP contribution in [0.4, 0.5) is 0 Å². The van der Waals surface area contributed by atoms with Gasteiger partial charge in [-0.05, 0) is 13.8 Å². The van der Waals surface area contributed by atoms with Crippen LogP contribution >= 0.6 is 0 Å². The van der Waals surface area contributed by atoms with E-state index >= 15 is 0 Å². The highest BCUT2D eigenvalue weighted by molar-refractivity contribution is 4.17. The van der Waals surface area contributed by atoms with Crippen molar-refractivity contribution in [2.75, 3.05) is 20.2 Å². The Balaban J connectivity index is 2.86. The Labute approximate surface area is 50.1 Å². The smallest absolute Gasteiger partial charge is 0.0814 e. The molecule has 0 saturated carbocycles. The second-order valence-corrected chi connectivity index (χ2v) is 1.43. The van der Waals surface area contributed by atoms with Crippen LogP contribution in [0.2, 0.25) is 0 Å². The van der Waals surface area contributed by atoms with Gasteiger partial charge < -0.3 is 0 Å². The molecule has 3 nitrogen and oxygen atoms in total. The van der Waals surface area contributed by atoms with Crippen LogP contribution < -0.4 is 0 Å². The Morgan fingerprint density at radius 3 is 2.38 bits per heavy atom. The second-order valence-electron chi connectivity index (χ2n) is 1.43. The molecule has 3 heteroatoms. The average molecular weight is 119 g/mol. The van der Waals surface area contributed by atoms with Gasteiger partial charge in [0.05, 0.1) is 6.61 Å². The molecule has 0 aromatic carbocycles. The summed E-state index contributed by atoms with van der Waals surface area (Å²) in [4.78, 5) is 9.29. The summed E-state index contributed by atoms with van der Waals surface area (Å²) >= 11 is 0. The van der Waals surface area contributed by atoms with E-state index in [0.717, 1.165) is 6.54 Å². The summed E-state index contributed by atoms with van der Waals surface area (Å²) in [5, 5.41) is 1.61. The van der Waals surface area contributed by atoms with Gasteiger partial charge >= 0.3 is 0 Å². The fourth-order valence-corrected chi connectivity index (χ4v) is 0.195. The van der Waals surface area contributed by atoms with E-state index < -0.39 is 0 Å². The molecule has 0 bridgehead atoms. The minimum Gasteiger partial charge on any atom is -0.218 e. The van der Waals surface area contributed by atoms with Crippen LogP contribution in [0.25, 0.3) is 0 Å². The van der Waals surface area contributed by atoms with Gasteiger partial charge in [-0.15, -0.1) is 4.99 Å². The predicted octanol–water partition coefficient (Wildman–Crippen LogP) is 0.821. The first-order chi connectivity index (χ1) is 3.81. The highest BCUT2D eigenvalue weighted by Gasteiger charge is 1.90. The molecule has 0 heterocycles. The van der Waals surface area contributed by atoms with Crippen molar-refractivity contribution in [3.05, 3.63) is 0 Å². The first-order valence-corrected chi connectivity index (χ1v) is 2.82. The van der Waals surface area contributed by atoms with Gasteiger partial charge in [-0.25, -0.2) is 4.89 Å². The molecular formula is C5H13NO2. The summed E-state index contributed by atoms with van der Waals surface area (Å²) in [6.07, 6.45) is 0. The number of hydroxylamine groups is 2. The van der Waals surface area contributed by atoms with Crippen molar-refractivity contribution in [1.82, 2.24) is 5.06 Å². The zero-order chi connectivity index (χ0) is 6.41. The molecule has 0 unspecified atom stereocenters. The third-order valence-electron chi connectivity index (χ3n) is 0.743. The van der Waals surface area contributed by atoms with Crippen molar-refractivity contribution in [3.63, 3.8) is 0 Å². The van der Waals surface area contributed by atoms with Gasteiger partial charge in [-0.3, -0.25) is 0 Å². The van der Waals surface area contributed by atoms with E-state index in [0.29, 0.717) is 6.61 Å². The van der Waals surface area contributed by atoms with Gasteiger partial charge in [0.1, 0.15) is 0 Å². The molecule has 0 atom stereocenters. The Morgan fingerprint density at radius 1 is 1.38 bits per heavy atom. The molecule has 50 valence electrons. The molecular weight excluding hydrogens is 106 g/mol.